The fourth-order valence-corrected chi connectivity index (χ4v) is 1.42. The molecule has 1 aliphatic heterocycles. The number of Topliss-reactive ketones (excluding diaryl/α,β-unsaturated/α-hetero) is 1. The average Bonchev–Trinajstić information content (AvgIpc) is 2.51. The Hall–Kier alpha value is -1.39. The van der Waals surface area contributed by atoms with Crippen LogP contribution in [0.25, 0.3) is 0 Å². The second-order valence-corrected chi connectivity index (χ2v) is 3.18. The number of hydrogen-bond acceptors (Lipinski definition) is 4. The summed E-state index contributed by atoms with van der Waals surface area (Å²) in [5, 5.41) is 0. The van der Waals surface area contributed by atoms with Crippen LogP contribution in [0.2, 0.25) is 0 Å². The van der Waals surface area contributed by atoms with E-state index in [1.807, 2.05) is 0 Å². The van der Waals surface area contributed by atoms with E-state index in [0.717, 1.165) is 4.90 Å². The number of imide groups is 1. The number of ether oxygens (including phenoxy) is 1. The zero-order valence-corrected chi connectivity index (χ0v) is 8.28. The van der Waals surface area contributed by atoms with E-state index in [9.17, 15) is 14.4 Å². The topological polar surface area (TPSA) is 63.7 Å². The molecule has 0 bridgehead atoms. The molecule has 0 N–H and O–H groups in total. The van der Waals surface area contributed by atoms with Crippen LogP contribution < -0.4 is 0 Å². The number of amides is 2. The normalized spacial score (nSPS) is 17.9. The van der Waals surface area contributed by atoms with Gasteiger partial charge in [-0.3, -0.25) is 9.59 Å². The minimum absolute atomic E-state index is 0.211. The van der Waals surface area contributed by atoms with E-state index in [4.69, 9.17) is 0 Å². The lowest BCUT2D eigenvalue weighted by molar-refractivity contribution is -0.137. The van der Waals surface area contributed by atoms with Crippen molar-refractivity contribution in [2.75, 3.05) is 13.2 Å². The number of nitrogens with zero attached hydrogens (tertiary/aromatic N) is 1. The van der Waals surface area contributed by atoms with Crippen LogP contribution in [0.5, 0.6) is 0 Å². The van der Waals surface area contributed by atoms with Crippen LogP contribution in [0.15, 0.2) is 0 Å². The third kappa shape index (κ3) is 1.92. The third-order valence-corrected chi connectivity index (χ3v) is 2.22. The Labute approximate surface area is 82.0 Å². The Morgan fingerprint density at radius 1 is 1.57 bits per heavy atom. The minimum atomic E-state index is -0.708. The third-order valence-electron chi connectivity index (χ3n) is 2.22. The van der Waals surface area contributed by atoms with Gasteiger partial charge in [-0.25, -0.2) is 9.69 Å². The van der Waals surface area contributed by atoms with E-state index in [-0.39, 0.29) is 18.9 Å². The molecule has 1 heterocycles. The summed E-state index contributed by atoms with van der Waals surface area (Å²) < 4.78 is 4.62. The quantitative estimate of drug-likeness (QED) is 0.624. The number of ketones is 1. The summed E-state index contributed by atoms with van der Waals surface area (Å²) in [7, 11) is 0. The van der Waals surface area contributed by atoms with Crippen molar-refractivity contribution in [1.82, 2.24) is 4.90 Å². The first-order chi connectivity index (χ1) is 6.57. The highest BCUT2D eigenvalue weighted by Crippen LogP contribution is 2.13. The molecule has 1 fully saturated rings. The van der Waals surface area contributed by atoms with Crippen molar-refractivity contribution in [3.63, 3.8) is 0 Å². The predicted molar refractivity (Wildman–Crippen MR) is 47.5 cm³/mol. The van der Waals surface area contributed by atoms with Gasteiger partial charge in [0.15, 0.2) is 0 Å². The highest BCUT2D eigenvalue weighted by Gasteiger charge is 2.34. The van der Waals surface area contributed by atoms with Crippen LogP contribution in [-0.2, 0) is 14.3 Å². The van der Waals surface area contributed by atoms with Gasteiger partial charge in [0.2, 0.25) is 5.91 Å². The second kappa shape index (κ2) is 4.21. The first-order valence-corrected chi connectivity index (χ1v) is 4.56. The Kier molecular flexibility index (Phi) is 3.22. The largest absolute Gasteiger partial charge is 0.447 e. The molecule has 0 radical (unpaired) electrons. The van der Waals surface area contributed by atoms with Gasteiger partial charge in [0, 0.05) is 0 Å². The van der Waals surface area contributed by atoms with Crippen LogP contribution in [0.4, 0.5) is 4.79 Å². The van der Waals surface area contributed by atoms with Crippen LogP contribution >= 0.6 is 0 Å². The molecule has 0 aromatic rings. The van der Waals surface area contributed by atoms with Gasteiger partial charge in [-0.05, 0) is 13.3 Å². The molecule has 0 aromatic heterocycles. The van der Waals surface area contributed by atoms with Gasteiger partial charge in [-0.2, -0.15) is 0 Å². The lowest BCUT2D eigenvalue weighted by Gasteiger charge is -2.16. The van der Waals surface area contributed by atoms with Crippen molar-refractivity contribution < 1.29 is 19.1 Å². The Bertz CT molecular complexity index is 270. The van der Waals surface area contributed by atoms with Crippen molar-refractivity contribution in [2.45, 2.75) is 20.3 Å². The van der Waals surface area contributed by atoms with E-state index < -0.39 is 17.9 Å². The molecule has 0 aromatic carbocycles. The van der Waals surface area contributed by atoms with Gasteiger partial charge < -0.3 is 4.74 Å². The highest BCUT2D eigenvalue weighted by atomic mass is 16.6. The fraction of sp³-hybridized carbons (Fsp3) is 0.667. The summed E-state index contributed by atoms with van der Waals surface area (Å²) in [4.78, 5) is 34.7. The summed E-state index contributed by atoms with van der Waals surface area (Å²) >= 11 is 0. The number of carbonyl (C=O) groups excluding carboxylic acids is 3. The molecule has 14 heavy (non-hydrogen) atoms. The first kappa shape index (κ1) is 10.7. The van der Waals surface area contributed by atoms with Crippen molar-refractivity contribution >= 4 is 17.8 Å². The minimum Gasteiger partial charge on any atom is -0.447 e. The van der Waals surface area contributed by atoms with E-state index in [1.165, 1.54) is 6.92 Å². The molecule has 1 atom stereocenters. The molecule has 0 aliphatic carbocycles. The molecule has 5 heteroatoms. The number of cyclic esters (lactones) is 1. The lowest BCUT2D eigenvalue weighted by Crippen LogP contribution is -2.39. The smallest absolute Gasteiger partial charge is 0.416 e. The fourth-order valence-electron chi connectivity index (χ4n) is 1.42. The number of hydrogen-bond donors (Lipinski definition) is 0. The molecule has 0 spiro atoms. The molecule has 1 rings (SSSR count). The summed E-state index contributed by atoms with van der Waals surface area (Å²) in [6.45, 7) is 3.57. The van der Waals surface area contributed by atoms with Crippen molar-refractivity contribution in [3.8, 4) is 0 Å². The van der Waals surface area contributed by atoms with Crippen LogP contribution in [0.1, 0.15) is 20.3 Å². The van der Waals surface area contributed by atoms with E-state index >= 15 is 0 Å². The Balaban J connectivity index is 2.72. The van der Waals surface area contributed by atoms with Gasteiger partial charge in [0.1, 0.15) is 12.4 Å². The lowest BCUT2D eigenvalue weighted by atomic mass is 10.0. The molecule has 1 aliphatic rings. The number of rotatable bonds is 3. The molecular formula is C9H13NO4. The standard InChI is InChI=1S/C9H13NO4/c1-3-7(6(2)11)8(12)10-4-5-14-9(10)13/h7H,3-5H2,1-2H3. The average molecular weight is 199 g/mol. The Morgan fingerprint density at radius 3 is 2.57 bits per heavy atom. The van der Waals surface area contributed by atoms with Crippen LogP contribution in [-0.4, -0.2) is 35.8 Å². The molecule has 5 nitrogen and oxygen atoms in total. The molecule has 1 saturated heterocycles. The van der Waals surface area contributed by atoms with Gasteiger partial charge >= 0.3 is 6.09 Å². The molecule has 1 unspecified atom stereocenters. The van der Waals surface area contributed by atoms with Gasteiger partial charge in [0.25, 0.3) is 0 Å². The molecule has 0 saturated carbocycles. The summed E-state index contributed by atoms with van der Waals surface area (Å²) in [6.07, 6.45) is -0.229. The van der Waals surface area contributed by atoms with E-state index in [2.05, 4.69) is 4.74 Å². The highest BCUT2D eigenvalue weighted by molar-refractivity contribution is 6.05. The van der Waals surface area contributed by atoms with Crippen molar-refractivity contribution in [3.05, 3.63) is 0 Å². The van der Waals surface area contributed by atoms with Crippen molar-refractivity contribution in [1.29, 1.82) is 0 Å². The summed E-state index contributed by atoms with van der Waals surface area (Å²) in [5.74, 6) is -1.36. The predicted octanol–water partition coefficient (Wildman–Crippen LogP) is 0.580. The second-order valence-electron chi connectivity index (χ2n) is 3.18. The monoisotopic (exact) mass is 199 g/mol. The SMILES string of the molecule is CCC(C(C)=O)C(=O)N1CCOC1=O. The first-order valence-electron chi connectivity index (χ1n) is 4.56. The van der Waals surface area contributed by atoms with E-state index in [0.29, 0.717) is 6.42 Å². The summed E-state index contributed by atoms with van der Waals surface area (Å²) in [5.41, 5.74) is 0. The number of carbonyl (C=O) groups is 3. The maximum atomic E-state index is 11.6. The maximum Gasteiger partial charge on any atom is 0.416 e. The molecule has 2 amide bonds. The zero-order chi connectivity index (χ0) is 10.7. The molecular weight excluding hydrogens is 186 g/mol. The van der Waals surface area contributed by atoms with Gasteiger partial charge in [-0.15, -0.1) is 0 Å². The molecule has 78 valence electrons. The van der Waals surface area contributed by atoms with Crippen LogP contribution in [0.3, 0.4) is 0 Å². The Morgan fingerprint density at radius 2 is 2.21 bits per heavy atom. The van der Waals surface area contributed by atoms with Gasteiger partial charge in [-0.1, -0.05) is 6.92 Å². The zero-order valence-electron chi connectivity index (χ0n) is 8.28. The summed E-state index contributed by atoms with van der Waals surface area (Å²) in [6, 6.07) is 0. The van der Waals surface area contributed by atoms with Gasteiger partial charge in [0.05, 0.1) is 12.5 Å². The van der Waals surface area contributed by atoms with Crippen molar-refractivity contribution in [2.24, 2.45) is 5.92 Å². The van der Waals surface area contributed by atoms with E-state index in [1.54, 1.807) is 6.92 Å². The van der Waals surface area contributed by atoms with Crippen LogP contribution in [0, 0.1) is 5.92 Å². The maximum absolute atomic E-state index is 11.6.